The normalized spacial score (nSPS) is 12.3. The highest BCUT2D eigenvalue weighted by atomic mass is 32.1. The molecule has 0 saturated heterocycles. The third-order valence-electron chi connectivity index (χ3n) is 3.43. The summed E-state index contributed by atoms with van der Waals surface area (Å²) in [6.07, 6.45) is 3.63. The van der Waals surface area contributed by atoms with E-state index in [9.17, 15) is 4.79 Å². The Bertz CT molecular complexity index is 693. The van der Waals surface area contributed by atoms with Crippen molar-refractivity contribution in [3.63, 3.8) is 0 Å². The van der Waals surface area contributed by atoms with Crippen molar-refractivity contribution >= 4 is 17.2 Å². The molecule has 114 valence electrons. The van der Waals surface area contributed by atoms with Gasteiger partial charge in [-0.1, -0.05) is 11.2 Å². The van der Waals surface area contributed by atoms with Crippen molar-refractivity contribution < 1.29 is 9.32 Å². The molecule has 22 heavy (non-hydrogen) atoms. The molecule has 7 heteroatoms. The van der Waals surface area contributed by atoms with Crippen LogP contribution in [0, 0.1) is 13.8 Å². The number of hydrogen-bond acceptors (Lipinski definition) is 5. The van der Waals surface area contributed by atoms with Crippen LogP contribution < -0.4 is 5.32 Å². The molecular formula is C15H16N4O2S. The minimum atomic E-state index is -0.176. The zero-order valence-electron chi connectivity index (χ0n) is 12.3. The van der Waals surface area contributed by atoms with Crippen molar-refractivity contribution in [3.8, 4) is 0 Å². The summed E-state index contributed by atoms with van der Waals surface area (Å²) in [7, 11) is 0. The third kappa shape index (κ3) is 2.80. The molecule has 0 aliphatic carbocycles. The van der Waals surface area contributed by atoms with Crippen molar-refractivity contribution in [1.82, 2.24) is 20.3 Å². The largest absolute Gasteiger partial charge is 0.361 e. The van der Waals surface area contributed by atoms with Gasteiger partial charge < -0.3 is 9.84 Å². The summed E-state index contributed by atoms with van der Waals surface area (Å²) in [6, 6.07) is 5.88. The number of nitrogens with one attached hydrogen (secondary N) is 1. The third-order valence-corrected chi connectivity index (χ3v) is 4.41. The second-order valence-corrected chi connectivity index (χ2v) is 5.91. The van der Waals surface area contributed by atoms with E-state index in [2.05, 4.69) is 15.6 Å². The van der Waals surface area contributed by atoms with Crippen LogP contribution in [-0.4, -0.2) is 27.4 Å². The molecule has 0 saturated carbocycles. The van der Waals surface area contributed by atoms with Gasteiger partial charge in [0.15, 0.2) is 0 Å². The molecule has 0 unspecified atom stereocenters. The number of carbonyl (C=O) groups excluding carboxylic acids is 1. The van der Waals surface area contributed by atoms with E-state index in [1.165, 1.54) is 0 Å². The summed E-state index contributed by atoms with van der Waals surface area (Å²) in [5.41, 5.74) is 1.10. The van der Waals surface area contributed by atoms with Gasteiger partial charge in [-0.15, -0.1) is 11.3 Å². The number of rotatable bonds is 5. The van der Waals surface area contributed by atoms with Crippen LogP contribution in [0.3, 0.4) is 0 Å². The van der Waals surface area contributed by atoms with Crippen molar-refractivity contribution in [1.29, 1.82) is 0 Å². The molecule has 0 fully saturated rings. The van der Waals surface area contributed by atoms with Crippen LogP contribution in [0.1, 0.15) is 32.7 Å². The van der Waals surface area contributed by atoms with Gasteiger partial charge in [0.05, 0.1) is 5.69 Å². The maximum Gasteiger partial charge on any atom is 0.256 e. The number of aryl methyl sites for hydroxylation is 2. The molecule has 3 rings (SSSR count). The van der Waals surface area contributed by atoms with Crippen molar-refractivity contribution in [2.24, 2.45) is 0 Å². The maximum atomic E-state index is 12.4. The lowest BCUT2D eigenvalue weighted by molar-refractivity contribution is 0.0947. The number of hydrogen-bond donors (Lipinski definition) is 1. The first kappa shape index (κ1) is 14.5. The summed E-state index contributed by atoms with van der Waals surface area (Å²) in [6.45, 7) is 3.94. The minimum Gasteiger partial charge on any atom is -0.361 e. The van der Waals surface area contributed by atoms with Crippen LogP contribution >= 0.6 is 11.3 Å². The Morgan fingerprint density at radius 2 is 2.32 bits per heavy atom. The zero-order valence-corrected chi connectivity index (χ0v) is 13.1. The zero-order chi connectivity index (χ0) is 15.5. The SMILES string of the molecule is Cc1noc(C)c1C(=O)NC[C@@H](c1cccs1)n1cccn1. The van der Waals surface area contributed by atoms with E-state index in [0.29, 0.717) is 23.6 Å². The Kier molecular flexibility index (Phi) is 4.06. The average molecular weight is 316 g/mol. The fourth-order valence-corrected chi connectivity index (χ4v) is 3.18. The number of aromatic nitrogens is 3. The molecule has 3 heterocycles. The summed E-state index contributed by atoms with van der Waals surface area (Å²) in [5.74, 6) is 0.353. The molecule has 0 aliphatic rings. The summed E-state index contributed by atoms with van der Waals surface area (Å²) < 4.78 is 6.89. The van der Waals surface area contributed by atoms with Gasteiger partial charge in [-0.05, 0) is 31.4 Å². The van der Waals surface area contributed by atoms with Gasteiger partial charge >= 0.3 is 0 Å². The molecule has 3 aromatic heterocycles. The fourth-order valence-electron chi connectivity index (χ4n) is 2.36. The van der Waals surface area contributed by atoms with Crippen molar-refractivity contribution in [2.45, 2.75) is 19.9 Å². The van der Waals surface area contributed by atoms with Crippen molar-refractivity contribution in [2.75, 3.05) is 6.54 Å². The number of amides is 1. The van der Waals surface area contributed by atoms with Crippen LogP contribution in [0.5, 0.6) is 0 Å². The molecule has 3 aromatic rings. The van der Waals surface area contributed by atoms with Crippen LogP contribution in [0.25, 0.3) is 0 Å². The van der Waals surface area contributed by atoms with E-state index in [4.69, 9.17) is 4.52 Å². The topological polar surface area (TPSA) is 73.0 Å². The van der Waals surface area contributed by atoms with E-state index in [-0.39, 0.29) is 11.9 Å². The second-order valence-electron chi connectivity index (χ2n) is 4.93. The number of nitrogens with zero attached hydrogens (tertiary/aromatic N) is 3. The summed E-state index contributed by atoms with van der Waals surface area (Å²) >= 11 is 1.64. The van der Waals surface area contributed by atoms with E-state index in [1.807, 2.05) is 34.5 Å². The van der Waals surface area contributed by atoms with E-state index in [0.717, 1.165) is 4.88 Å². The van der Waals surface area contributed by atoms with Crippen LogP contribution in [0.15, 0.2) is 40.5 Å². The monoisotopic (exact) mass is 316 g/mol. The summed E-state index contributed by atoms with van der Waals surface area (Å²) in [4.78, 5) is 13.5. The van der Waals surface area contributed by atoms with Gasteiger partial charge in [-0.25, -0.2) is 0 Å². The van der Waals surface area contributed by atoms with E-state index < -0.39 is 0 Å². The lowest BCUT2D eigenvalue weighted by atomic mass is 10.2. The van der Waals surface area contributed by atoms with Gasteiger partial charge in [-0.2, -0.15) is 5.10 Å². The quantitative estimate of drug-likeness (QED) is 0.785. The first-order chi connectivity index (χ1) is 10.7. The Morgan fingerprint density at radius 1 is 1.45 bits per heavy atom. The molecule has 6 nitrogen and oxygen atoms in total. The second kappa shape index (κ2) is 6.15. The lowest BCUT2D eigenvalue weighted by Gasteiger charge is -2.17. The smallest absolute Gasteiger partial charge is 0.256 e. The molecule has 1 N–H and O–H groups in total. The van der Waals surface area contributed by atoms with Gasteiger partial charge in [0, 0.05) is 23.8 Å². The average Bonchev–Trinajstić information content (AvgIpc) is 3.22. The number of carbonyl (C=O) groups is 1. The molecule has 1 atom stereocenters. The van der Waals surface area contributed by atoms with Crippen LogP contribution in [0.2, 0.25) is 0 Å². The standard InChI is InChI=1S/C15H16N4O2S/c1-10-14(11(2)21-18-10)15(20)16-9-12(13-5-3-8-22-13)19-7-4-6-17-19/h3-8,12H,9H2,1-2H3,(H,16,20)/t12-/m0/s1. The predicted molar refractivity (Wildman–Crippen MR) is 83.0 cm³/mol. The van der Waals surface area contributed by atoms with Gasteiger partial charge in [0.1, 0.15) is 17.4 Å². The van der Waals surface area contributed by atoms with Gasteiger partial charge in [0.25, 0.3) is 5.91 Å². The molecule has 1 amide bonds. The Morgan fingerprint density at radius 3 is 2.91 bits per heavy atom. The van der Waals surface area contributed by atoms with E-state index >= 15 is 0 Å². The Labute approximate surface area is 131 Å². The summed E-state index contributed by atoms with van der Waals surface area (Å²) in [5, 5.41) is 13.1. The Balaban J connectivity index is 1.77. The highest BCUT2D eigenvalue weighted by Crippen LogP contribution is 2.22. The van der Waals surface area contributed by atoms with Crippen LogP contribution in [-0.2, 0) is 0 Å². The van der Waals surface area contributed by atoms with Gasteiger partial charge in [0.2, 0.25) is 0 Å². The maximum absolute atomic E-state index is 12.4. The molecule has 0 aliphatic heterocycles. The Hall–Kier alpha value is -2.41. The minimum absolute atomic E-state index is 0.0283. The first-order valence-corrected chi connectivity index (χ1v) is 7.78. The molecular weight excluding hydrogens is 300 g/mol. The molecule has 0 radical (unpaired) electrons. The molecule has 0 aromatic carbocycles. The molecule has 0 spiro atoms. The van der Waals surface area contributed by atoms with E-state index in [1.54, 1.807) is 31.4 Å². The molecule has 0 bridgehead atoms. The predicted octanol–water partition coefficient (Wildman–Crippen LogP) is 2.57. The fraction of sp³-hybridized carbons (Fsp3) is 0.267. The van der Waals surface area contributed by atoms with Crippen LogP contribution in [0.4, 0.5) is 0 Å². The highest BCUT2D eigenvalue weighted by molar-refractivity contribution is 7.10. The lowest BCUT2D eigenvalue weighted by Crippen LogP contribution is -2.31. The number of thiophene rings is 1. The highest BCUT2D eigenvalue weighted by Gasteiger charge is 2.20. The first-order valence-electron chi connectivity index (χ1n) is 6.90. The van der Waals surface area contributed by atoms with Gasteiger partial charge in [-0.3, -0.25) is 9.48 Å². The van der Waals surface area contributed by atoms with Crippen molar-refractivity contribution in [3.05, 3.63) is 57.9 Å².